The summed E-state index contributed by atoms with van der Waals surface area (Å²) in [5, 5.41) is 13.3. The summed E-state index contributed by atoms with van der Waals surface area (Å²) in [6.45, 7) is 7.32. The van der Waals surface area contributed by atoms with E-state index in [1.54, 1.807) is 13.2 Å². The molecule has 0 bridgehead atoms. The highest BCUT2D eigenvalue weighted by Crippen LogP contribution is 2.28. The summed E-state index contributed by atoms with van der Waals surface area (Å²) >= 11 is 0. The van der Waals surface area contributed by atoms with Gasteiger partial charge in [0.1, 0.15) is 11.5 Å². The number of phenolic OH excluding ortho intramolecular Hbond substituents is 1. The Morgan fingerprint density at radius 2 is 2.06 bits per heavy atom. The Bertz CT molecular complexity index is 401. The zero-order valence-electron chi connectivity index (χ0n) is 11.2. The predicted octanol–water partition coefficient (Wildman–Crippen LogP) is 1.16. The molecule has 1 heterocycles. The Morgan fingerprint density at radius 3 is 2.72 bits per heavy atom. The van der Waals surface area contributed by atoms with Crippen LogP contribution < -0.4 is 10.1 Å². The van der Waals surface area contributed by atoms with Crippen molar-refractivity contribution in [1.82, 2.24) is 10.2 Å². The molecule has 0 aliphatic carbocycles. The third kappa shape index (κ3) is 3.15. The lowest BCUT2D eigenvalue weighted by molar-refractivity contribution is 0.243. The molecule has 0 aromatic heterocycles. The number of nitrogens with zero attached hydrogens (tertiary/aromatic N) is 1. The highest BCUT2D eigenvalue weighted by atomic mass is 16.5. The lowest BCUT2D eigenvalue weighted by atomic mass is 10.1. The molecule has 1 saturated heterocycles. The topological polar surface area (TPSA) is 44.7 Å². The van der Waals surface area contributed by atoms with Gasteiger partial charge in [0.25, 0.3) is 0 Å². The zero-order chi connectivity index (χ0) is 13.0. The Kier molecular flexibility index (Phi) is 4.44. The Hall–Kier alpha value is -1.26. The molecular formula is C14H22N2O2. The van der Waals surface area contributed by atoms with Gasteiger partial charge >= 0.3 is 0 Å². The van der Waals surface area contributed by atoms with Crippen molar-refractivity contribution >= 4 is 0 Å². The molecule has 1 fully saturated rings. The lowest BCUT2D eigenvalue weighted by Gasteiger charge is -2.27. The number of benzene rings is 1. The summed E-state index contributed by atoms with van der Waals surface area (Å²) in [5.74, 6) is 1.09. The minimum Gasteiger partial charge on any atom is -0.508 e. The Labute approximate surface area is 109 Å². The highest BCUT2D eigenvalue weighted by molar-refractivity contribution is 5.45. The molecule has 4 nitrogen and oxygen atoms in total. The van der Waals surface area contributed by atoms with Crippen molar-refractivity contribution in [3.8, 4) is 11.5 Å². The van der Waals surface area contributed by atoms with E-state index in [-0.39, 0.29) is 0 Å². The predicted molar refractivity (Wildman–Crippen MR) is 72.4 cm³/mol. The first-order valence-corrected chi connectivity index (χ1v) is 6.50. The number of hydrogen-bond donors (Lipinski definition) is 2. The average molecular weight is 250 g/mol. The van der Waals surface area contributed by atoms with Crippen LogP contribution in [0, 0.1) is 6.92 Å². The van der Waals surface area contributed by atoms with Gasteiger partial charge in [0.2, 0.25) is 0 Å². The summed E-state index contributed by atoms with van der Waals surface area (Å²) in [7, 11) is 1.63. The van der Waals surface area contributed by atoms with Gasteiger partial charge in [-0.3, -0.25) is 0 Å². The molecule has 0 spiro atoms. The van der Waals surface area contributed by atoms with Crippen molar-refractivity contribution in [2.75, 3.05) is 39.8 Å². The third-order valence-electron chi connectivity index (χ3n) is 3.50. The quantitative estimate of drug-likeness (QED) is 0.841. The van der Waals surface area contributed by atoms with E-state index in [9.17, 15) is 5.11 Å². The van der Waals surface area contributed by atoms with Crippen molar-refractivity contribution < 1.29 is 9.84 Å². The van der Waals surface area contributed by atoms with Crippen LogP contribution in [0.4, 0.5) is 0 Å². The number of hydrogen-bond acceptors (Lipinski definition) is 4. The van der Waals surface area contributed by atoms with Crippen molar-refractivity contribution in [3.05, 3.63) is 23.3 Å². The number of aryl methyl sites for hydroxylation is 1. The molecule has 1 aromatic carbocycles. The van der Waals surface area contributed by atoms with E-state index >= 15 is 0 Å². The van der Waals surface area contributed by atoms with Crippen LogP contribution in [0.5, 0.6) is 11.5 Å². The normalized spacial score (nSPS) is 16.8. The number of nitrogens with one attached hydrogen (secondary N) is 1. The van der Waals surface area contributed by atoms with E-state index < -0.39 is 0 Å². The summed E-state index contributed by atoms with van der Waals surface area (Å²) in [5.41, 5.74) is 2.08. The number of piperazine rings is 1. The van der Waals surface area contributed by atoms with E-state index in [2.05, 4.69) is 10.2 Å². The number of aromatic hydroxyl groups is 1. The van der Waals surface area contributed by atoms with Crippen LogP contribution in [0.1, 0.15) is 11.1 Å². The van der Waals surface area contributed by atoms with Gasteiger partial charge in [0, 0.05) is 38.8 Å². The number of rotatable bonds is 4. The fourth-order valence-electron chi connectivity index (χ4n) is 2.37. The summed E-state index contributed by atoms with van der Waals surface area (Å²) in [4.78, 5) is 2.43. The van der Waals surface area contributed by atoms with Crippen LogP contribution in [0.15, 0.2) is 12.1 Å². The van der Waals surface area contributed by atoms with Crippen LogP contribution in [0.25, 0.3) is 0 Å². The minimum absolute atomic E-state index is 0.340. The zero-order valence-corrected chi connectivity index (χ0v) is 11.2. The van der Waals surface area contributed by atoms with Crippen LogP contribution in [-0.4, -0.2) is 49.8 Å². The van der Waals surface area contributed by atoms with Gasteiger partial charge in [-0.1, -0.05) is 0 Å². The molecule has 2 rings (SSSR count). The standard InChI is InChI=1S/C14H22N2O2/c1-11-9-12(13(17)10-14(11)18-2)3-6-16-7-4-15-5-8-16/h9-10,15,17H,3-8H2,1-2H3. The Balaban J connectivity index is 1.98. The van der Waals surface area contributed by atoms with E-state index in [4.69, 9.17) is 4.74 Å². The summed E-state index contributed by atoms with van der Waals surface area (Å²) < 4.78 is 5.20. The summed E-state index contributed by atoms with van der Waals surface area (Å²) in [6.07, 6.45) is 0.886. The fraction of sp³-hybridized carbons (Fsp3) is 0.571. The third-order valence-corrected chi connectivity index (χ3v) is 3.50. The number of ether oxygens (including phenoxy) is 1. The highest BCUT2D eigenvalue weighted by Gasteiger charge is 2.11. The largest absolute Gasteiger partial charge is 0.508 e. The molecule has 0 atom stereocenters. The Morgan fingerprint density at radius 1 is 1.33 bits per heavy atom. The molecular weight excluding hydrogens is 228 g/mol. The molecule has 0 radical (unpaired) electrons. The molecule has 0 saturated carbocycles. The van der Waals surface area contributed by atoms with Crippen molar-refractivity contribution in [2.45, 2.75) is 13.3 Å². The fourth-order valence-corrected chi connectivity index (χ4v) is 2.37. The monoisotopic (exact) mass is 250 g/mol. The van der Waals surface area contributed by atoms with Gasteiger partial charge in [-0.25, -0.2) is 0 Å². The molecule has 1 aliphatic rings. The first-order valence-electron chi connectivity index (χ1n) is 6.50. The van der Waals surface area contributed by atoms with Gasteiger partial charge in [0.15, 0.2) is 0 Å². The van der Waals surface area contributed by atoms with Crippen LogP contribution in [0.2, 0.25) is 0 Å². The molecule has 1 aliphatic heterocycles. The minimum atomic E-state index is 0.340. The molecule has 4 heteroatoms. The van der Waals surface area contributed by atoms with Gasteiger partial charge in [-0.05, 0) is 30.5 Å². The number of phenols is 1. The van der Waals surface area contributed by atoms with Crippen molar-refractivity contribution in [2.24, 2.45) is 0 Å². The average Bonchev–Trinajstić information content (AvgIpc) is 2.40. The van der Waals surface area contributed by atoms with Crippen LogP contribution in [-0.2, 0) is 6.42 Å². The van der Waals surface area contributed by atoms with Gasteiger partial charge < -0.3 is 20.1 Å². The second-order valence-electron chi connectivity index (χ2n) is 4.79. The van der Waals surface area contributed by atoms with Gasteiger partial charge in [-0.2, -0.15) is 0 Å². The van der Waals surface area contributed by atoms with Gasteiger partial charge in [-0.15, -0.1) is 0 Å². The first kappa shape index (κ1) is 13.2. The van der Waals surface area contributed by atoms with Crippen molar-refractivity contribution in [3.63, 3.8) is 0 Å². The van der Waals surface area contributed by atoms with E-state index in [0.717, 1.165) is 56.0 Å². The van der Waals surface area contributed by atoms with E-state index in [1.165, 1.54) is 0 Å². The lowest BCUT2D eigenvalue weighted by Crippen LogP contribution is -2.44. The van der Waals surface area contributed by atoms with E-state index in [1.807, 2.05) is 13.0 Å². The second-order valence-corrected chi connectivity index (χ2v) is 4.79. The molecule has 0 amide bonds. The molecule has 100 valence electrons. The van der Waals surface area contributed by atoms with Crippen molar-refractivity contribution in [1.29, 1.82) is 0 Å². The molecule has 1 aromatic rings. The maximum Gasteiger partial charge on any atom is 0.125 e. The van der Waals surface area contributed by atoms with Crippen LogP contribution in [0.3, 0.4) is 0 Å². The maximum absolute atomic E-state index is 9.97. The van der Waals surface area contributed by atoms with E-state index in [0.29, 0.717) is 5.75 Å². The van der Waals surface area contributed by atoms with Crippen LogP contribution >= 0.6 is 0 Å². The molecule has 2 N–H and O–H groups in total. The number of methoxy groups -OCH3 is 1. The SMILES string of the molecule is COc1cc(O)c(CCN2CCNCC2)cc1C. The molecule has 0 unspecified atom stereocenters. The smallest absolute Gasteiger partial charge is 0.125 e. The first-order chi connectivity index (χ1) is 8.70. The maximum atomic E-state index is 9.97. The van der Waals surface area contributed by atoms with Gasteiger partial charge in [0.05, 0.1) is 7.11 Å². The second kappa shape index (κ2) is 6.07. The summed E-state index contributed by atoms with van der Waals surface area (Å²) in [6, 6.07) is 3.73. The molecule has 18 heavy (non-hydrogen) atoms.